The average molecular weight is 280 g/mol. The molecule has 0 bridgehead atoms. The Bertz CT molecular complexity index is 479. The SMILES string of the molecule is COC(=O)c1cccc(N)c1N1CCSC(C)C1C. The van der Waals surface area contributed by atoms with Gasteiger partial charge in [-0.2, -0.15) is 11.8 Å². The fraction of sp³-hybridized carbons (Fsp3) is 0.500. The minimum Gasteiger partial charge on any atom is -0.465 e. The molecule has 1 heterocycles. The molecule has 1 aliphatic rings. The van der Waals surface area contributed by atoms with Gasteiger partial charge in [0.05, 0.1) is 24.0 Å². The Hall–Kier alpha value is -1.36. The van der Waals surface area contributed by atoms with Crippen LogP contribution in [0.3, 0.4) is 0 Å². The largest absolute Gasteiger partial charge is 0.465 e. The molecule has 0 aliphatic carbocycles. The van der Waals surface area contributed by atoms with Crippen molar-refractivity contribution in [1.82, 2.24) is 0 Å². The van der Waals surface area contributed by atoms with Crippen LogP contribution in [0.5, 0.6) is 0 Å². The zero-order valence-electron chi connectivity index (χ0n) is 11.6. The lowest BCUT2D eigenvalue weighted by atomic mass is 10.1. The van der Waals surface area contributed by atoms with Gasteiger partial charge in [0.1, 0.15) is 0 Å². The lowest BCUT2D eigenvalue weighted by Gasteiger charge is -2.40. The molecule has 0 aromatic heterocycles. The number of carbonyl (C=O) groups excluding carboxylic acids is 1. The molecule has 1 aliphatic heterocycles. The molecule has 1 fully saturated rings. The first-order valence-electron chi connectivity index (χ1n) is 6.41. The van der Waals surface area contributed by atoms with Gasteiger partial charge in [-0.3, -0.25) is 0 Å². The standard InChI is InChI=1S/C14H20N2O2S/c1-9-10(2)19-8-7-16(9)13-11(14(17)18-3)5-4-6-12(13)15/h4-6,9-10H,7-8,15H2,1-3H3. The predicted octanol–water partition coefficient (Wildman–Crippen LogP) is 2.39. The highest BCUT2D eigenvalue weighted by molar-refractivity contribution is 8.00. The van der Waals surface area contributed by atoms with Crippen molar-refractivity contribution in [3.05, 3.63) is 23.8 Å². The highest BCUT2D eigenvalue weighted by Gasteiger charge is 2.29. The van der Waals surface area contributed by atoms with Crippen LogP contribution in [0.4, 0.5) is 11.4 Å². The van der Waals surface area contributed by atoms with E-state index in [0.717, 1.165) is 18.0 Å². The lowest BCUT2D eigenvalue weighted by Crippen LogP contribution is -2.45. The lowest BCUT2D eigenvalue weighted by molar-refractivity contribution is 0.0601. The van der Waals surface area contributed by atoms with Crippen LogP contribution in [0.2, 0.25) is 0 Å². The van der Waals surface area contributed by atoms with Crippen LogP contribution in [0, 0.1) is 0 Å². The number of methoxy groups -OCH3 is 1. The number of rotatable bonds is 2. The summed E-state index contributed by atoms with van der Waals surface area (Å²) in [5.74, 6) is 0.709. The third-order valence-corrected chi connectivity index (χ3v) is 4.98. The molecular weight excluding hydrogens is 260 g/mol. The molecule has 104 valence electrons. The van der Waals surface area contributed by atoms with E-state index in [0.29, 0.717) is 22.5 Å². The first-order valence-corrected chi connectivity index (χ1v) is 7.46. The Balaban J connectivity index is 2.45. The topological polar surface area (TPSA) is 55.6 Å². The van der Waals surface area contributed by atoms with Gasteiger partial charge >= 0.3 is 5.97 Å². The molecule has 0 spiro atoms. The summed E-state index contributed by atoms with van der Waals surface area (Å²) in [6.07, 6.45) is 0. The van der Waals surface area contributed by atoms with Gasteiger partial charge < -0.3 is 15.4 Å². The van der Waals surface area contributed by atoms with Gasteiger partial charge in [0.2, 0.25) is 0 Å². The van der Waals surface area contributed by atoms with Crippen molar-refractivity contribution in [2.45, 2.75) is 25.1 Å². The molecule has 2 unspecified atom stereocenters. The fourth-order valence-corrected chi connectivity index (χ4v) is 3.50. The number of hydrogen-bond donors (Lipinski definition) is 1. The zero-order chi connectivity index (χ0) is 14.0. The summed E-state index contributed by atoms with van der Waals surface area (Å²) in [5.41, 5.74) is 8.09. The summed E-state index contributed by atoms with van der Waals surface area (Å²) in [6.45, 7) is 5.27. The van der Waals surface area contributed by atoms with Crippen molar-refractivity contribution in [3.63, 3.8) is 0 Å². The Morgan fingerprint density at radius 3 is 2.89 bits per heavy atom. The van der Waals surface area contributed by atoms with E-state index in [1.807, 2.05) is 17.8 Å². The van der Waals surface area contributed by atoms with Crippen molar-refractivity contribution in [3.8, 4) is 0 Å². The number of anilines is 2. The number of para-hydroxylation sites is 1. The quantitative estimate of drug-likeness (QED) is 0.666. The zero-order valence-corrected chi connectivity index (χ0v) is 12.4. The number of nitrogen functional groups attached to an aromatic ring is 1. The molecule has 0 saturated carbocycles. The maximum Gasteiger partial charge on any atom is 0.340 e. The van der Waals surface area contributed by atoms with Gasteiger partial charge in [-0.1, -0.05) is 13.0 Å². The van der Waals surface area contributed by atoms with Crippen molar-refractivity contribution >= 4 is 29.1 Å². The molecule has 0 amide bonds. The minimum atomic E-state index is -0.333. The van der Waals surface area contributed by atoms with E-state index in [9.17, 15) is 4.79 Å². The highest BCUT2D eigenvalue weighted by atomic mass is 32.2. The van der Waals surface area contributed by atoms with Gasteiger partial charge in [-0.05, 0) is 19.1 Å². The molecule has 0 radical (unpaired) electrons. The van der Waals surface area contributed by atoms with Crippen LogP contribution >= 0.6 is 11.8 Å². The van der Waals surface area contributed by atoms with E-state index in [1.165, 1.54) is 7.11 Å². The minimum absolute atomic E-state index is 0.333. The number of ether oxygens (including phenoxy) is 1. The number of thioether (sulfide) groups is 1. The molecule has 19 heavy (non-hydrogen) atoms. The van der Waals surface area contributed by atoms with Crippen LogP contribution in [0.15, 0.2) is 18.2 Å². The monoisotopic (exact) mass is 280 g/mol. The maximum atomic E-state index is 11.9. The number of esters is 1. The summed E-state index contributed by atoms with van der Waals surface area (Å²) in [4.78, 5) is 14.1. The van der Waals surface area contributed by atoms with Crippen molar-refractivity contribution in [1.29, 1.82) is 0 Å². The van der Waals surface area contributed by atoms with E-state index in [-0.39, 0.29) is 5.97 Å². The Morgan fingerprint density at radius 2 is 2.21 bits per heavy atom. The molecule has 4 nitrogen and oxygen atoms in total. The fourth-order valence-electron chi connectivity index (χ4n) is 2.41. The van der Waals surface area contributed by atoms with E-state index in [1.54, 1.807) is 12.1 Å². The number of hydrogen-bond acceptors (Lipinski definition) is 5. The Labute approximate surface area is 118 Å². The second-order valence-corrected chi connectivity index (χ2v) is 6.23. The van der Waals surface area contributed by atoms with Crippen LogP contribution in [0.25, 0.3) is 0 Å². The molecule has 1 aromatic rings. The third kappa shape index (κ3) is 2.66. The van der Waals surface area contributed by atoms with Gasteiger partial charge in [-0.15, -0.1) is 0 Å². The number of carbonyl (C=O) groups is 1. The summed E-state index contributed by atoms with van der Waals surface area (Å²) in [7, 11) is 1.40. The molecule has 2 rings (SSSR count). The van der Waals surface area contributed by atoms with E-state index < -0.39 is 0 Å². The molecule has 1 saturated heterocycles. The number of nitrogens with zero attached hydrogens (tertiary/aromatic N) is 1. The average Bonchev–Trinajstić information content (AvgIpc) is 2.41. The number of benzene rings is 1. The van der Waals surface area contributed by atoms with E-state index >= 15 is 0 Å². The van der Waals surface area contributed by atoms with Crippen LogP contribution in [-0.2, 0) is 4.74 Å². The Kier molecular flexibility index (Phi) is 4.24. The third-order valence-electron chi connectivity index (χ3n) is 3.64. The smallest absolute Gasteiger partial charge is 0.340 e. The number of nitrogens with two attached hydrogens (primary N) is 1. The molecule has 1 aromatic carbocycles. The maximum absolute atomic E-state index is 11.9. The molecule has 2 atom stereocenters. The summed E-state index contributed by atoms with van der Waals surface area (Å²) >= 11 is 1.95. The normalized spacial score (nSPS) is 23.2. The summed E-state index contributed by atoms with van der Waals surface area (Å²) in [5, 5.41) is 0.513. The predicted molar refractivity (Wildman–Crippen MR) is 80.9 cm³/mol. The van der Waals surface area contributed by atoms with Crippen LogP contribution in [0.1, 0.15) is 24.2 Å². The van der Waals surface area contributed by atoms with Gasteiger partial charge in [0, 0.05) is 23.6 Å². The van der Waals surface area contributed by atoms with Gasteiger partial charge in [0.15, 0.2) is 0 Å². The second-order valence-electron chi connectivity index (χ2n) is 4.74. The van der Waals surface area contributed by atoms with Crippen molar-refractivity contribution < 1.29 is 9.53 Å². The van der Waals surface area contributed by atoms with Crippen LogP contribution < -0.4 is 10.6 Å². The highest BCUT2D eigenvalue weighted by Crippen LogP contribution is 2.35. The van der Waals surface area contributed by atoms with Crippen molar-refractivity contribution in [2.24, 2.45) is 0 Å². The summed E-state index contributed by atoms with van der Waals surface area (Å²) < 4.78 is 4.86. The van der Waals surface area contributed by atoms with Gasteiger partial charge in [-0.25, -0.2) is 4.79 Å². The van der Waals surface area contributed by atoms with Crippen molar-refractivity contribution in [2.75, 3.05) is 30.0 Å². The molecule has 2 N–H and O–H groups in total. The van der Waals surface area contributed by atoms with E-state index in [4.69, 9.17) is 10.5 Å². The van der Waals surface area contributed by atoms with Crippen LogP contribution in [-0.4, -0.2) is 36.7 Å². The Morgan fingerprint density at radius 1 is 1.47 bits per heavy atom. The molecule has 5 heteroatoms. The first kappa shape index (κ1) is 14.1. The van der Waals surface area contributed by atoms with Gasteiger partial charge in [0.25, 0.3) is 0 Å². The summed E-state index contributed by atoms with van der Waals surface area (Å²) in [6, 6.07) is 5.74. The second kappa shape index (κ2) is 5.74. The van der Waals surface area contributed by atoms with E-state index in [2.05, 4.69) is 18.7 Å². The first-order chi connectivity index (χ1) is 9.06. The molecular formula is C14H20N2O2S.